The highest BCUT2D eigenvalue weighted by Crippen LogP contribution is 2.32. The zero-order valence-electron chi connectivity index (χ0n) is 14.7. The van der Waals surface area contributed by atoms with Crippen molar-refractivity contribution in [1.82, 2.24) is 19.8 Å². The largest absolute Gasteiger partial charge is 0.368 e. The van der Waals surface area contributed by atoms with Gasteiger partial charge in [0, 0.05) is 31.4 Å². The fourth-order valence-corrected chi connectivity index (χ4v) is 2.89. The molecule has 0 radical (unpaired) electrons. The van der Waals surface area contributed by atoms with Gasteiger partial charge < -0.3 is 14.2 Å². The number of nitrogens with zero attached hydrogens (tertiary/aromatic N) is 4. The Labute approximate surface area is 141 Å². The fourth-order valence-electron chi connectivity index (χ4n) is 2.89. The number of aryl methyl sites for hydroxylation is 1. The number of ether oxygens (including phenoxy) is 1. The number of likely N-dealkylation sites (tertiary alicyclic amines) is 1. The molecular weight excluding hydrogens is 308 g/mol. The van der Waals surface area contributed by atoms with E-state index in [1.807, 2.05) is 45.1 Å². The van der Waals surface area contributed by atoms with Gasteiger partial charge in [0.2, 0.25) is 0 Å². The summed E-state index contributed by atoms with van der Waals surface area (Å²) in [4.78, 5) is 14.6. The highest BCUT2D eigenvalue weighted by molar-refractivity contribution is 5.92. The Morgan fingerprint density at radius 1 is 1.46 bits per heavy atom. The average molecular weight is 332 g/mol. The molecule has 0 spiro atoms. The van der Waals surface area contributed by atoms with E-state index in [1.165, 1.54) is 0 Å². The van der Waals surface area contributed by atoms with Crippen molar-refractivity contribution in [1.29, 1.82) is 0 Å². The van der Waals surface area contributed by atoms with E-state index < -0.39 is 0 Å². The molecule has 3 rings (SSSR count). The molecule has 1 atom stereocenters. The lowest BCUT2D eigenvalue weighted by Gasteiger charge is -2.22. The summed E-state index contributed by atoms with van der Waals surface area (Å²) in [5.41, 5.74) is 1.12. The zero-order chi connectivity index (χ0) is 17.3. The first-order chi connectivity index (χ1) is 11.3. The topological polar surface area (TPSA) is 73.4 Å². The van der Waals surface area contributed by atoms with Gasteiger partial charge in [0.1, 0.15) is 6.61 Å². The Kier molecular flexibility index (Phi) is 4.45. The van der Waals surface area contributed by atoms with Crippen molar-refractivity contribution >= 4 is 5.91 Å². The van der Waals surface area contributed by atoms with Crippen molar-refractivity contribution in [2.75, 3.05) is 6.54 Å². The Bertz CT molecular complexity index is 713. The van der Waals surface area contributed by atoms with Crippen LogP contribution in [0.5, 0.6) is 0 Å². The van der Waals surface area contributed by atoms with Gasteiger partial charge in [0.25, 0.3) is 5.91 Å². The minimum Gasteiger partial charge on any atom is -0.368 e. The second-order valence-corrected chi connectivity index (χ2v) is 7.18. The summed E-state index contributed by atoms with van der Waals surface area (Å²) in [5, 5.41) is 8.13. The van der Waals surface area contributed by atoms with Crippen LogP contribution in [0.2, 0.25) is 0 Å². The standard InChI is InChI=1S/C17H24N4O3/c1-17(2,3)23-11-13-8-14(19-24-13)16(22)21-7-5-6-15(21)12-9-18-20(4)10-12/h8-10,15H,5-7,11H2,1-4H3. The van der Waals surface area contributed by atoms with E-state index in [2.05, 4.69) is 10.3 Å². The molecule has 3 heterocycles. The van der Waals surface area contributed by atoms with Crippen LogP contribution in [0, 0.1) is 0 Å². The van der Waals surface area contributed by atoms with Gasteiger partial charge in [-0.1, -0.05) is 5.16 Å². The first-order valence-corrected chi connectivity index (χ1v) is 8.22. The van der Waals surface area contributed by atoms with Crippen molar-refractivity contribution < 1.29 is 14.1 Å². The van der Waals surface area contributed by atoms with E-state index in [9.17, 15) is 4.79 Å². The molecule has 0 aromatic carbocycles. The monoisotopic (exact) mass is 332 g/mol. The van der Waals surface area contributed by atoms with Crippen LogP contribution in [0.15, 0.2) is 23.0 Å². The molecule has 130 valence electrons. The SMILES string of the molecule is Cn1cc(C2CCCN2C(=O)c2cc(COC(C)(C)C)on2)cn1. The maximum Gasteiger partial charge on any atom is 0.276 e. The molecule has 1 amide bonds. The number of hydrogen-bond acceptors (Lipinski definition) is 5. The van der Waals surface area contributed by atoms with Crippen molar-refractivity contribution in [3.63, 3.8) is 0 Å². The lowest BCUT2D eigenvalue weighted by Crippen LogP contribution is -2.30. The Morgan fingerprint density at radius 3 is 2.92 bits per heavy atom. The summed E-state index contributed by atoms with van der Waals surface area (Å²) in [6.45, 7) is 6.93. The molecule has 1 unspecified atom stereocenters. The predicted molar refractivity (Wildman–Crippen MR) is 87.3 cm³/mol. The first-order valence-electron chi connectivity index (χ1n) is 8.22. The number of carbonyl (C=O) groups is 1. The van der Waals surface area contributed by atoms with Gasteiger partial charge in [0.05, 0.1) is 17.8 Å². The van der Waals surface area contributed by atoms with E-state index in [1.54, 1.807) is 10.7 Å². The quantitative estimate of drug-likeness (QED) is 0.860. The van der Waals surface area contributed by atoms with Crippen molar-refractivity contribution in [3.8, 4) is 0 Å². The lowest BCUT2D eigenvalue weighted by atomic mass is 10.1. The molecule has 1 saturated heterocycles. The zero-order valence-corrected chi connectivity index (χ0v) is 14.7. The molecule has 2 aromatic heterocycles. The lowest BCUT2D eigenvalue weighted by molar-refractivity contribution is -0.0241. The van der Waals surface area contributed by atoms with Gasteiger partial charge in [-0.25, -0.2) is 0 Å². The molecule has 1 aliphatic rings. The summed E-state index contributed by atoms with van der Waals surface area (Å²) in [6.07, 6.45) is 5.70. The van der Waals surface area contributed by atoms with Gasteiger partial charge in [-0.05, 0) is 33.6 Å². The molecular formula is C17H24N4O3. The molecule has 0 saturated carbocycles. The highest BCUT2D eigenvalue weighted by atomic mass is 16.5. The molecule has 2 aromatic rings. The Morgan fingerprint density at radius 2 is 2.25 bits per heavy atom. The first kappa shape index (κ1) is 16.7. The fraction of sp³-hybridized carbons (Fsp3) is 0.588. The van der Waals surface area contributed by atoms with Gasteiger partial charge in [-0.15, -0.1) is 0 Å². The Balaban J connectivity index is 1.70. The third-order valence-electron chi connectivity index (χ3n) is 4.05. The number of aromatic nitrogens is 3. The maximum atomic E-state index is 12.8. The van der Waals surface area contributed by atoms with Crippen molar-refractivity contribution in [3.05, 3.63) is 35.5 Å². The van der Waals surface area contributed by atoms with Crippen molar-refractivity contribution in [2.45, 2.75) is 51.9 Å². The number of carbonyl (C=O) groups excluding carboxylic acids is 1. The van der Waals surface area contributed by atoms with Crippen LogP contribution in [0.1, 0.15) is 61.5 Å². The third-order valence-corrected chi connectivity index (χ3v) is 4.05. The smallest absolute Gasteiger partial charge is 0.276 e. The Hall–Kier alpha value is -2.15. The van der Waals surface area contributed by atoms with Gasteiger partial charge in [-0.3, -0.25) is 9.48 Å². The summed E-state index contributed by atoms with van der Waals surface area (Å²) in [7, 11) is 1.88. The minimum atomic E-state index is -0.267. The van der Waals surface area contributed by atoms with Crippen LogP contribution in [0.3, 0.4) is 0 Å². The maximum absolute atomic E-state index is 12.8. The summed E-state index contributed by atoms with van der Waals surface area (Å²) >= 11 is 0. The van der Waals surface area contributed by atoms with E-state index in [-0.39, 0.29) is 17.6 Å². The third kappa shape index (κ3) is 3.67. The normalized spacial score (nSPS) is 18.3. The van der Waals surface area contributed by atoms with Crippen LogP contribution in [0.4, 0.5) is 0 Å². The molecule has 0 N–H and O–H groups in total. The molecule has 1 fully saturated rings. The average Bonchev–Trinajstić information content (AvgIpc) is 3.23. The highest BCUT2D eigenvalue weighted by Gasteiger charge is 2.32. The summed E-state index contributed by atoms with van der Waals surface area (Å²) in [6, 6.07) is 1.73. The molecule has 7 nitrogen and oxygen atoms in total. The molecule has 1 aliphatic heterocycles. The molecule has 24 heavy (non-hydrogen) atoms. The number of rotatable bonds is 4. The number of amides is 1. The minimum absolute atomic E-state index is 0.0529. The van der Waals surface area contributed by atoms with Crippen LogP contribution < -0.4 is 0 Å². The predicted octanol–water partition coefficient (Wildman–Crippen LogP) is 2.70. The van der Waals surface area contributed by atoms with Crippen LogP contribution in [-0.2, 0) is 18.4 Å². The second-order valence-electron chi connectivity index (χ2n) is 7.18. The van der Waals surface area contributed by atoms with E-state index in [0.29, 0.717) is 18.1 Å². The van der Waals surface area contributed by atoms with Gasteiger partial charge in [0.15, 0.2) is 11.5 Å². The number of hydrogen-bond donors (Lipinski definition) is 0. The summed E-state index contributed by atoms with van der Waals surface area (Å²) < 4.78 is 12.7. The van der Waals surface area contributed by atoms with E-state index in [4.69, 9.17) is 9.26 Å². The molecule has 0 aliphatic carbocycles. The van der Waals surface area contributed by atoms with Crippen LogP contribution in [0.25, 0.3) is 0 Å². The van der Waals surface area contributed by atoms with E-state index in [0.717, 1.165) is 24.9 Å². The second kappa shape index (κ2) is 6.39. The van der Waals surface area contributed by atoms with E-state index >= 15 is 0 Å². The van der Waals surface area contributed by atoms with Gasteiger partial charge >= 0.3 is 0 Å². The summed E-state index contributed by atoms with van der Waals surface area (Å²) in [5.74, 6) is 0.456. The van der Waals surface area contributed by atoms with Crippen molar-refractivity contribution in [2.24, 2.45) is 7.05 Å². The van der Waals surface area contributed by atoms with Gasteiger partial charge in [-0.2, -0.15) is 5.10 Å². The van der Waals surface area contributed by atoms with Crippen LogP contribution in [-0.4, -0.2) is 37.9 Å². The molecule has 0 bridgehead atoms. The van der Waals surface area contributed by atoms with Crippen LogP contribution >= 0.6 is 0 Å². The molecule has 7 heteroatoms.